The Kier molecular flexibility index (Phi) is 6.93. The van der Waals surface area contributed by atoms with Crippen LogP contribution >= 0.6 is 0 Å². The van der Waals surface area contributed by atoms with Crippen molar-refractivity contribution < 1.29 is 15.0 Å². The Morgan fingerprint density at radius 1 is 1.33 bits per heavy atom. The smallest absolute Gasteiger partial charge is 0.300 e. The van der Waals surface area contributed by atoms with Crippen molar-refractivity contribution in [2.75, 3.05) is 0 Å². The molecule has 0 heterocycles. The maximum atomic E-state index is 9.00. The maximum Gasteiger partial charge on any atom is 0.300 e. The van der Waals surface area contributed by atoms with Gasteiger partial charge in [-0.3, -0.25) is 4.79 Å². The van der Waals surface area contributed by atoms with Gasteiger partial charge in [-0.25, -0.2) is 0 Å². The van der Waals surface area contributed by atoms with Crippen molar-refractivity contribution >= 4 is 12.0 Å². The monoisotopic (exact) mass is 208 g/mol. The number of carbonyl (C=O) groups is 1. The molecule has 0 fully saturated rings. The fourth-order valence-electron chi connectivity index (χ4n) is 0.815. The standard InChI is InChI=1S/C10H12O.C2H4O2/c1-9(11)7-8-10-5-3-2-4-6-10;1-2(3)4/h2-9,11H,1H3;1H3,(H,3,4)/t9-;/m1./s1. The van der Waals surface area contributed by atoms with E-state index >= 15 is 0 Å². The van der Waals surface area contributed by atoms with Gasteiger partial charge < -0.3 is 10.2 Å². The van der Waals surface area contributed by atoms with Gasteiger partial charge >= 0.3 is 0 Å². The van der Waals surface area contributed by atoms with Gasteiger partial charge in [0, 0.05) is 6.92 Å². The highest BCUT2D eigenvalue weighted by molar-refractivity contribution is 5.62. The largest absolute Gasteiger partial charge is 0.481 e. The second kappa shape index (κ2) is 7.76. The van der Waals surface area contributed by atoms with Gasteiger partial charge in [-0.1, -0.05) is 42.5 Å². The van der Waals surface area contributed by atoms with Crippen LogP contribution in [0.4, 0.5) is 0 Å². The SMILES string of the molecule is CC(=O)O.C[C@@H](O)C=Cc1ccccc1. The Morgan fingerprint density at radius 2 is 1.80 bits per heavy atom. The van der Waals surface area contributed by atoms with E-state index in [9.17, 15) is 0 Å². The molecule has 0 aliphatic rings. The number of hydrogen-bond acceptors (Lipinski definition) is 2. The first-order valence-electron chi connectivity index (χ1n) is 4.63. The number of aliphatic carboxylic acids is 1. The van der Waals surface area contributed by atoms with Crippen LogP contribution in [0.2, 0.25) is 0 Å². The highest BCUT2D eigenvalue weighted by Gasteiger charge is 1.85. The van der Waals surface area contributed by atoms with Crippen molar-refractivity contribution in [1.29, 1.82) is 0 Å². The lowest BCUT2D eigenvalue weighted by Gasteiger charge is -1.93. The highest BCUT2D eigenvalue weighted by atomic mass is 16.4. The molecule has 0 saturated heterocycles. The van der Waals surface area contributed by atoms with Gasteiger partial charge in [-0.05, 0) is 12.5 Å². The van der Waals surface area contributed by atoms with Crippen molar-refractivity contribution in [3.63, 3.8) is 0 Å². The van der Waals surface area contributed by atoms with E-state index in [0.29, 0.717) is 0 Å². The third-order valence-corrected chi connectivity index (χ3v) is 1.37. The van der Waals surface area contributed by atoms with Crippen LogP contribution in [0.5, 0.6) is 0 Å². The summed E-state index contributed by atoms with van der Waals surface area (Å²) >= 11 is 0. The molecule has 1 rings (SSSR count). The summed E-state index contributed by atoms with van der Waals surface area (Å²) in [6, 6.07) is 9.92. The highest BCUT2D eigenvalue weighted by Crippen LogP contribution is 2.01. The van der Waals surface area contributed by atoms with Gasteiger partial charge in [0.25, 0.3) is 5.97 Å². The van der Waals surface area contributed by atoms with E-state index in [1.54, 1.807) is 13.0 Å². The molecule has 0 aliphatic carbocycles. The van der Waals surface area contributed by atoms with E-state index in [1.807, 2.05) is 36.4 Å². The molecule has 0 saturated carbocycles. The molecule has 0 unspecified atom stereocenters. The molecule has 0 spiro atoms. The Hall–Kier alpha value is -1.61. The molecule has 3 nitrogen and oxygen atoms in total. The number of aliphatic hydroxyl groups excluding tert-OH is 1. The lowest BCUT2D eigenvalue weighted by molar-refractivity contribution is -0.134. The zero-order valence-electron chi connectivity index (χ0n) is 8.92. The number of benzene rings is 1. The Bertz CT molecular complexity index is 298. The summed E-state index contributed by atoms with van der Waals surface area (Å²) in [6.45, 7) is 2.82. The summed E-state index contributed by atoms with van der Waals surface area (Å²) in [6.07, 6.45) is 3.30. The van der Waals surface area contributed by atoms with Gasteiger partial charge in [-0.15, -0.1) is 0 Å². The number of rotatable bonds is 2. The van der Waals surface area contributed by atoms with Crippen LogP contribution in [0, 0.1) is 0 Å². The average molecular weight is 208 g/mol. The summed E-state index contributed by atoms with van der Waals surface area (Å²) in [5.74, 6) is -0.833. The number of aliphatic hydroxyl groups is 1. The Morgan fingerprint density at radius 3 is 2.20 bits per heavy atom. The van der Waals surface area contributed by atoms with Gasteiger partial charge in [-0.2, -0.15) is 0 Å². The van der Waals surface area contributed by atoms with E-state index in [4.69, 9.17) is 15.0 Å². The molecular weight excluding hydrogens is 192 g/mol. The minimum Gasteiger partial charge on any atom is -0.481 e. The first-order chi connectivity index (χ1) is 7.02. The van der Waals surface area contributed by atoms with Crippen LogP contribution in [0.25, 0.3) is 6.08 Å². The van der Waals surface area contributed by atoms with Crippen molar-refractivity contribution in [2.45, 2.75) is 20.0 Å². The molecule has 82 valence electrons. The summed E-state index contributed by atoms with van der Waals surface area (Å²) in [5.41, 5.74) is 1.12. The zero-order chi connectivity index (χ0) is 11.7. The molecule has 0 radical (unpaired) electrons. The van der Waals surface area contributed by atoms with Crippen molar-refractivity contribution in [3.05, 3.63) is 42.0 Å². The predicted octanol–water partition coefficient (Wildman–Crippen LogP) is 2.17. The van der Waals surface area contributed by atoms with E-state index in [-0.39, 0.29) is 6.10 Å². The first-order valence-corrected chi connectivity index (χ1v) is 4.63. The molecular formula is C12H16O3. The molecule has 0 aromatic heterocycles. The van der Waals surface area contributed by atoms with Gasteiger partial charge in [0.15, 0.2) is 0 Å². The van der Waals surface area contributed by atoms with Gasteiger partial charge in [0.2, 0.25) is 0 Å². The Balaban J connectivity index is 0.000000423. The Labute approximate surface area is 89.7 Å². The van der Waals surface area contributed by atoms with Crippen LogP contribution in [0.3, 0.4) is 0 Å². The first kappa shape index (κ1) is 13.4. The van der Waals surface area contributed by atoms with E-state index in [1.165, 1.54) is 0 Å². The second-order valence-electron chi connectivity index (χ2n) is 3.03. The molecule has 0 amide bonds. The van der Waals surface area contributed by atoms with Crippen molar-refractivity contribution in [3.8, 4) is 0 Å². The van der Waals surface area contributed by atoms with Crippen LogP contribution < -0.4 is 0 Å². The fraction of sp³-hybridized carbons (Fsp3) is 0.250. The second-order valence-corrected chi connectivity index (χ2v) is 3.03. The topological polar surface area (TPSA) is 57.5 Å². The molecule has 0 aliphatic heterocycles. The van der Waals surface area contributed by atoms with Crippen molar-refractivity contribution in [1.82, 2.24) is 0 Å². The lowest BCUT2D eigenvalue weighted by Crippen LogP contribution is -1.90. The molecule has 0 bridgehead atoms. The third-order valence-electron chi connectivity index (χ3n) is 1.37. The minimum absolute atomic E-state index is 0.366. The van der Waals surface area contributed by atoms with Gasteiger partial charge in [0.1, 0.15) is 0 Å². The summed E-state index contributed by atoms with van der Waals surface area (Å²) in [7, 11) is 0. The predicted molar refractivity (Wildman–Crippen MR) is 60.5 cm³/mol. The average Bonchev–Trinajstić information content (AvgIpc) is 2.15. The number of carboxylic acid groups (broad SMARTS) is 1. The van der Waals surface area contributed by atoms with E-state index in [2.05, 4.69) is 0 Å². The number of carboxylic acids is 1. The summed E-state index contributed by atoms with van der Waals surface area (Å²) < 4.78 is 0. The molecule has 1 aromatic carbocycles. The maximum absolute atomic E-state index is 9.00. The number of hydrogen-bond donors (Lipinski definition) is 2. The normalized spacial score (nSPS) is 11.7. The van der Waals surface area contributed by atoms with Gasteiger partial charge in [0.05, 0.1) is 6.10 Å². The van der Waals surface area contributed by atoms with Crippen molar-refractivity contribution in [2.24, 2.45) is 0 Å². The quantitative estimate of drug-likeness (QED) is 0.783. The third kappa shape index (κ3) is 10.3. The van der Waals surface area contributed by atoms with Crippen LogP contribution in [0.1, 0.15) is 19.4 Å². The van der Waals surface area contributed by atoms with Crippen LogP contribution in [0.15, 0.2) is 36.4 Å². The summed E-state index contributed by atoms with van der Waals surface area (Å²) in [5, 5.41) is 16.3. The minimum atomic E-state index is -0.833. The van der Waals surface area contributed by atoms with Crippen LogP contribution in [-0.2, 0) is 4.79 Å². The lowest BCUT2D eigenvalue weighted by atomic mass is 10.2. The molecule has 1 aromatic rings. The molecule has 15 heavy (non-hydrogen) atoms. The van der Waals surface area contributed by atoms with E-state index < -0.39 is 5.97 Å². The molecule has 2 N–H and O–H groups in total. The zero-order valence-corrected chi connectivity index (χ0v) is 8.92. The fourth-order valence-corrected chi connectivity index (χ4v) is 0.815. The summed E-state index contributed by atoms with van der Waals surface area (Å²) in [4.78, 5) is 9.00. The molecule has 1 atom stereocenters. The molecule has 3 heteroatoms. The van der Waals surface area contributed by atoms with E-state index in [0.717, 1.165) is 12.5 Å². The van der Waals surface area contributed by atoms with Crippen LogP contribution in [-0.4, -0.2) is 22.3 Å².